The summed E-state index contributed by atoms with van der Waals surface area (Å²) in [7, 11) is 1.53. The average Bonchev–Trinajstić information content (AvgIpc) is 2.76. The van der Waals surface area contributed by atoms with Crippen molar-refractivity contribution in [1.82, 2.24) is 5.32 Å². The van der Waals surface area contributed by atoms with E-state index in [9.17, 15) is 9.90 Å². The molecule has 0 heterocycles. The van der Waals surface area contributed by atoms with Crippen LogP contribution in [0.25, 0.3) is 11.1 Å². The third kappa shape index (κ3) is 5.60. The van der Waals surface area contributed by atoms with Crippen molar-refractivity contribution in [2.24, 2.45) is 0 Å². The number of aromatic carboxylic acids is 1. The maximum Gasteiger partial charge on any atom is 0.335 e. The Labute approximate surface area is 180 Å². The van der Waals surface area contributed by atoms with Crippen LogP contribution >= 0.6 is 11.6 Å². The minimum atomic E-state index is -0.983. The summed E-state index contributed by atoms with van der Waals surface area (Å²) in [5, 5.41) is 23.2. The number of methoxy groups -OCH3 is 1. The Bertz CT molecular complexity index is 1000. The molecular weight excluding hydrogens is 402 g/mol. The second kappa shape index (κ2) is 10.3. The first-order valence-corrected chi connectivity index (χ1v) is 10.0. The molecule has 0 unspecified atom stereocenters. The minimum Gasteiger partial charge on any atom is -0.496 e. The number of hydrogen-bond donors (Lipinski definition) is 3. The standard InChI is InChI=1S/C24H24ClNO4/c1-30-23-14-19(24(28)29)9-10-21(23)17-7-5-16(6-8-17)11-12-26-15-22(27)18-3-2-4-20(25)13-18/h2-10,13-14,22,26-27H,11-12,15H2,1H3,(H,28,29)/t22-/m0/s1. The quantitative estimate of drug-likeness (QED) is 0.437. The summed E-state index contributed by atoms with van der Waals surface area (Å²) in [6.07, 6.45) is 0.213. The van der Waals surface area contributed by atoms with Crippen molar-refractivity contribution >= 4 is 17.6 Å². The highest BCUT2D eigenvalue weighted by Gasteiger charge is 2.11. The highest BCUT2D eigenvalue weighted by molar-refractivity contribution is 6.30. The van der Waals surface area contributed by atoms with Gasteiger partial charge in [0, 0.05) is 17.1 Å². The van der Waals surface area contributed by atoms with E-state index < -0.39 is 12.1 Å². The fourth-order valence-corrected chi connectivity index (χ4v) is 3.42. The average molecular weight is 426 g/mol. The summed E-state index contributed by atoms with van der Waals surface area (Å²) in [4.78, 5) is 11.1. The number of halogens is 1. The number of aliphatic hydroxyl groups is 1. The first-order chi connectivity index (χ1) is 14.5. The summed E-state index contributed by atoms with van der Waals surface area (Å²) >= 11 is 5.96. The highest BCUT2D eigenvalue weighted by atomic mass is 35.5. The third-order valence-corrected chi connectivity index (χ3v) is 5.11. The lowest BCUT2D eigenvalue weighted by Gasteiger charge is -2.13. The fraction of sp³-hybridized carbons (Fsp3) is 0.208. The van der Waals surface area contributed by atoms with Gasteiger partial charge in [-0.2, -0.15) is 0 Å². The molecule has 1 atom stereocenters. The van der Waals surface area contributed by atoms with Gasteiger partial charge in [-0.25, -0.2) is 4.79 Å². The highest BCUT2D eigenvalue weighted by Crippen LogP contribution is 2.31. The summed E-state index contributed by atoms with van der Waals surface area (Å²) in [6.45, 7) is 1.18. The molecule has 0 saturated carbocycles. The van der Waals surface area contributed by atoms with E-state index in [2.05, 4.69) is 5.32 Å². The molecule has 3 aromatic carbocycles. The third-order valence-electron chi connectivity index (χ3n) is 4.88. The van der Waals surface area contributed by atoms with E-state index in [4.69, 9.17) is 21.4 Å². The zero-order valence-corrected chi connectivity index (χ0v) is 17.4. The number of ether oxygens (including phenoxy) is 1. The molecule has 3 rings (SSSR count). The molecule has 3 N–H and O–H groups in total. The van der Waals surface area contributed by atoms with E-state index >= 15 is 0 Å². The van der Waals surface area contributed by atoms with Crippen LogP contribution in [0.4, 0.5) is 0 Å². The van der Waals surface area contributed by atoms with Crippen LogP contribution in [0.5, 0.6) is 5.75 Å². The van der Waals surface area contributed by atoms with Gasteiger partial charge < -0.3 is 20.3 Å². The zero-order chi connectivity index (χ0) is 21.5. The number of benzene rings is 3. The van der Waals surface area contributed by atoms with Gasteiger partial charge >= 0.3 is 5.97 Å². The predicted octanol–water partition coefficient (Wildman–Crippen LogP) is 4.58. The molecule has 0 aliphatic rings. The number of carboxylic acids is 1. The molecule has 0 aliphatic heterocycles. The molecule has 30 heavy (non-hydrogen) atoms. The Kier molecular flexibility index (Phi) is 7.46. The van der Waals surface area contributed by atoms with E-state index in [-0.39, 0.29) is 5.56 Å². The summed E-state index contributed by atoms with van der Waals surface area (Å²) in [6, 6.07) is 20.2. The summed E-state index contributed by atoms with van der Waals surface area (Å²) in [5.41, 5.74) is 3.94. The van der Waals surface area contributed by atoms with Crippen LogP contribution < -0.4 is 10.1 Å². The van der Waals surface area contributed by atoms with Crippen molar-refractivity contribution in [3.8, 4) is 16.9 Å². The molecule has 0 radical (unpaired) electrons. The van der Waals surface area contributed by atoms with Crippen molar-refractivity contribution in [3.05, 3.63) is 88.4 Å². The van der Waals surface area contributed by atoms with Gasteiger partial charge in [-0.1, -0.05) is 48.0 Å². The number of rotatable bonds is 9. The van der Waals surface area contributed by atoms with Crippen molar-refractivity contribution in [2.45, 2.75) is 12.5 Å². The van der Waals surface area contributed by atoms with Gasteiger partial charge in [0.2, 0.25) is 0 Å². The second-order valence-corrected chi connectivity index (χ2v) is 7.38. The maximum absolute atomic E-state index is 11.1. The largest absolute Gasteiger partial charge is 0.496 e. The van der Waals surface area contributed by atoms with Gasteiger partial charge in [0.15, 0.2) is 0 Å². The number of hydrogen-bond acceptors (Lipinski definition) is 4. The van der Waals surface area contributed by atoms with Crippen LogP contribution in [0.2, 0.25) is 5.02 Å². The van der Waals surface area contributed by atoms with E-state index in [0.717, 1.165) is 35.2 Å². The maximum atomic E-state index is 11.1. The lowest BCUT2D eigenvalue weighted by Crippen LogP contribution is -2.23. The van der Waals surface area contributed by atoms with Gasteiger partial charge in [0.05, 0.1) is 18.8 Å². The molecule has 0 fully saturated rings. The topological polar surface area (TPSA) is 78.8 Å². The second-order valence-electron chi connectivity index (χ2n) is 6.94. The molecular formula is C24H24ClNO4. The van der Waals surface area contributed by atoms with E-state index in [1.807, 2.05) is 36.4 Å². The number of aliphatic hydroxyl groups excluding tert-OH is 1. The Morgan fingerprint density at radius 1 is 1.10 bits per heavy atom. The van der Waals surface area contributed by atoms with Crippen LogP contribution in [0.15, 0.2) is 66.7 Å². The fourth-order valence-electron chi connectivity index (χ4n) is 3.22. The molecule has 156 valence electrons. The molecule has 0 saturated heterocycles. The normalized spacial score (nSPS) is 11.8. The van der Waals surface area contributed by atoms with Gasteiger partial charge in [0.1, 0.15) is 5.75 Å². The van der Waals surface area contributed by atoms with Crippen molar-refractivity contribution in [3.63, 3.8) is 0 Å². The Morgan fingerprint density at radius 2 is 1.87 bits per heavy atom. The number of nitrogens with one attached hydrogen (secondary N) is 1. The van der Waals surface area contributed by atoms with E-state index in [1.54, 1.807) is 24.3 Å². The molecule has 3 aromatic rings. The summed E-state index contributed by atoms with van der Waals surface area (Å²) in [5.74, 6) is -0.456. The number of carboxylic acid groups (broad SMARTS) is 1. The Balaban J connectivity index is 1.55. The molecule has 0 amide bonds. The van der Waals surface area contributed by atoms with Gasteiger partial charge in [-0.3, -0.25) is 0 Å². The summed E-state index contributed by atoms with van der Waals surface area (Å²) < 4.78 is 5.36. The molecule has 6 heteroatoms. The minimum absolute atomic E-state index is 0.193. The molecule has 0 aliphatic carbocycles. The predicted molar refractivity (Wildman–Crippen MR) is 118 cm³/mol. The SMILES string of the molecule is COc1cc(C(=O)O)ccc1-c1ccc(CCNC[C@H](O)c2cccc(Cl)c2)cc1. The van der Waals surface area contributed by atoms with Crippen LogP contribution in [-0.4, -0.2) is 36.4 Å². The monoisotopic (exact) mass is 425 g/mol. The smallest absolute Gasteiger partial charge is 0.335 e. The first-order valence-electron chi connectivity index (χ1n) is 9.63. The lowest BCUT2D eigenvalue weighted by molar-refractivity contribution is 0.0696. The van der Waals surface area contributed by atoms with Crippen molar-refractivity contribution < 1.29 is 19.7 Å². The van der Waals surface area contributed by atoms with Crippen LogP contribution in [0.3, 0.4) is 0 Å². The molecule has 0 bridgehead atoms. The van der Waals surface area contributed by atoms with Crippen molar-refractivity contribution in [2.75, 3.05) is 20.2 Å². The van der Waals surface area contributed by atoms with Crippen LogP contribution in [0, 0.1) is 0 Å². The first kappa shape index (κ1) is 21.8. The molecule has 0 spiro atoms. The van der Waals surface area contributed by atoms with E-state index in [0.29, 0.717) is 17.3 Å². The Hall–Kier alpha value is -2.86. The van der Waals surface area contributed by atoms with Crippen LogP contribution in [-0.2, 0) is 6.42 Å². The van der Waals surface area contributed by atoms with Crippen LogP contribution in [0.1, 0.15) is 27.6 Å². The Morgan fingerprint density at radius 3 is 2.53 bits per heavy atom. The number of carbonyl (C=O) groups is 1. The van der Waals surface area contributed by atoms with Gasteiger partial charge in [0.25, 0.3) is 0 Å². The van der Waals surface area contributed by atoms with Crippen molar-refractivity contribution in [1.29, 1.82) is 0 Å². The van der Waals surface area contributed by atoms with Gasteiger partial charge in [-0.05, 0) is 60.0 Å². The lowest BCUT2D eigenvalue weighted by atomic mass is 10.0. The van der Waals surface area contributed by atoms with Gasteiger partial charge in [-0.15, -0.1) is 0 Å². The molecule has 0 aromatic heterocycles. The van der Waals surface area contributed by atoms with E-state index in [1.165, 1.54) is 13.2 Å². The zero-order valence-electron chi connectivity index (χ0n) is 16.6. The molecule has 5 nitrogen and oxygen atoms in total.